The molecule has 1 aliphatic carbocycles. The molecule has 1 saturated carbocycles. The zero-order valence-corrected chi connectivity index (χ0v) is 13.1. The Labute approximate surface area is 124 Å². The summed E-state index contributed by atoms with van der Waals surface area (Å²) in [7, 11) is 0. The summed E-state index contributed by atoms with van der Waals surface area (Å²) < 4.78 is 0.858. The second-order valence-corrected chi connectivity index (χ2v) is 6.56. The Bertz CT molecular complexity index is 605. The van der Waals surface area contributed by atoms with Crippen molar-refractivity contribution >= 4 is 33.1 Å². The van der Waals surface area contributed by atoms with Gasteiger partial charge in [-0.25, -0.2) is 15.0 Å². The summed E-state index contributed by atoms with van der Waals surface area (Å²) in [5.41, 5.74) is 8.05. The maximum atomic E-state index is 6.01. The van der Waals surface area contributed by atoms with Crippen LogP contribution in [0.15, 0.2) is 9.85 Å². The van der Waals surface area contributed by atoms with E-state index in [-0.39, 0.29) is 0 Å². The van der Waals surface area contributed by atoms with E-state index in [0.717, 1.165) is 20.9 Å². The smallest absolute Gasteiger partial charge is 0.191 e. The predicted octanol–water partition coefficient (Wildman–Crippen LogP) is 3.91. The molecule has 2 aromatic rings. The van der Waals surface area contributed by atoms with Crippen LogP contribution in [0.2, 0.25) is 0 Å². The first kappa shape index (κ1) is 13.0. The number of anilines is 1. The number of hydrogen-bond acceptors (Lipinski definition) is 5. The first-order valence-electron chi connectivity index (χ1n) is 6.40. The Kier molecular flexibility index (Phi) is 3.54. The van der Waals surface area contributed by atoms with E-state index in [4.69, 9.17) is 10.7 Å². The van der Waals surface area contributed by atoms with Crippen molar-refractivity contribution in [1.82, 2.24) is 15.0 Å². The van der Waals surface area contributed by atoms with Crippen LogP contribution >= 0.6 is 27.3 Å². The topological polar surface area (TPSA) is 64.7 Å². The van der Waals surface area contributed by atoms with Crippen LogP contribution in [-0.2, 0) is 0 Å². The molecule has 6 heteroatoms. The molecule has 2 aromatic heterocycles. The highest BCUT2D eigenvalue weighted by molar-refractivity contribution is 9.10. The fourth-order valence-electron chi connectivity index (χ4n) is 2.50. The van der Waals surface area contributed by atoms with Crippen LogP contribution in [0.1, 0.15) is 43.0 Å². The van der Waals surface area contributed by atoms with Crippen molar-refractivity contribution in [1.29, 1.82) is 0 Å². The minimum absolute atomic E-state index is 0.500. The standard InChI is InChI=1S/C13H15BrN4S/c1-7-6-19-13(16-7)12-17-10(8-4-2-3-5-8)9(14)11(15)18-12/h6,8H,2-5H2,1H3,(H2,15,17,18). The summed E-state index contributed by atoms with van der Waals surface area (Å²) in [5, 5.41) is 2.85. The lowest BCUT2D eigenvalue weighted by Gasteiger charge is -2.13. The van der Waals surface area contributed by atoms with Gasteiger partial charge in [-0.2, -0.15) is 0 Å². The molecule has 0 radical (unpaired) electrons. The van der Waals surface area contributed by atoms with E-state index in [1.54, 1.807) is 11.3 Å². The van der Waals surface area contributed by atoms with Crippen molar-refractivity contribution < 1.29 is 0 Å². The average Bonchev–Trinajstić information content (AvgIpc) is 3.03. The third-order valence-electron chi connectivity index (χ3n) is 3.45. The first-order chi connectivity index (χ1) is 9.15. The molecule has 0 aliphatic heterocycles. The molecule has 4 nitrogen and oxygen atoms in total. The molecule has 1 fully saturated rings. The van der Waals surface area contributed by atoms with Gasteiger partial charge in [0.2, 0.25) is 0 Å². The molecule has 0 unspecified atom stereocenters. The maximum Gasteiger partial charge on any atom is 0.191 e. The van der Waals surface area contributed by atoms with Gasteiger partial charge in [0.1, 0.15) is 5.82 Å². The van der Waals surface area contributed by atoms with Crippen LogP contribution in [0.3, 0.4) is 0 Å². The van der Waals surface area contributed by atoms with Crippen LogP contribution in [-0.4, -0.2) is 15.0 Å². The normalized spacial score (nSPS) is 16.1. The molecule has 2 N–H and O–H groups in total. The van der Waals surface area contributed by atoms with E-state index in [0.29, 0.717) is 17.6 Å². The number of rotatable bonds is 2. The largest absolute Gasteiger partial charge is 0.383 e. The monoisotopic (exact) mass is 338 g/mol. The maximum absolute atomic E-state index is 6.01. The molecule has 2 heterocycles. The fourth-order valence-corrected chi connectivity index (χ4v) is 3.73. The molecule has 100 valence electrons. The lowest BCUT2D eigenvalue weighted by molar-refractivity contribution is 0.691. The number of aryl methyl sites for hydroxylation is 1. The van der Waals surface area contributed by atoms with Gasteiger partial charge in [0.05, 0.1) is 10.2 Å². The van der Waals surface area contributed by atoms with Gasteiger partial charge in [0.15, 0.2) is 10.8 Å². The number of nitrogens with zero attached hydrogens (tertiary/aromatic N) is 3. The molecule has 3 rings (SSSR count). The number of aromatic nitrogens is 3. The van der Waals surface area contributed by atoms with Crippen molar-refractivity contribution in [2.24, 2.45) is 0 Å². The molecule has 0 amide bonds. The predicted molar refractivity (Wildman–Crippen MR) is 81.2 cm³/mol. The fraction of sp³-hybridized carbons (Fsp3) is 0.462. The molecule has 0 bridgehead atoms. The van der Waals surface area contributed by atoms with E-state index in [1.165, 1.54) is 25.7 Å². The number of hydrogen-bond donors (Lipinski definition) is 1. The van der Waals surface area contributed by atoms with Crippen molar-refractivity contribution in [3.8, 4) is 10.8 Å². The summed E-state index contributed by atoms with van der Waals surface area (Å²) in [6.07, 6.45) is 4.91. The molecule has 0 spiro atoms. The molecular formula is C13H15BrN4S. The Morgan fingerprint density at radius 1 is 1.26 bits per heavy atom. The van der Waals surface area contributed by atoms with Crippen LogP contribution in [0.5, 0.6) is 0 Å². The Hall–Kier alpha value is -1.01. The lowest BCUT2D eigenvalue weighted by atomic mass is 10.0. The molecule has 0 atom stereocenters. The molecule has 1 aliphatic rings. The summed E-state index contributed by atoms with van der Waals surface area (Å²) >= 11 is 5.10. The molecule has 0 saturated heterocycles. The number of thiazole rings is 1. The van der Waals surface area contributed by atoms with Crippen LogP contribution in [0.4, 0.5) is 5.82 Å². The Morgan fingerprint density at radius 3 is 2.63 bits per heavy atom. The highest BCUT2D eigenvalue weighted by Gasteiger charge is 2.24. The Balaban J connectivity index is 2.06. The van der Waals surface area contributed by atoms with E-state index in [1.807, 2.05) is 12.3 Å². The van der Waals surface area contributed by atoms with Crippen LogP contribution < -0.4 is 5.73 Å². The van der Waals surface area contributed by atoms with Crippen molar-refractivity contribution in [2.75, 3.05) is 5.73 Å². The minimum Gasteiger partial charge on any atom is -0.383 e. The second-order valence-electron chi connectivity index (χ2n) is 4.91. The van der Waals surface area contributed by atoms with E-state index >= 15 is 0 Å². The van der Waals surface area contributed by atoms with Gasteiger partial charge >= 0.3 is 0 Å². The number of halogens is 1. The highest BCUT2D eigenvalue weighted by atomic mass is 79.9. The van der Waals surface area contributed by atoms with E-state index in [9.17, 15) is 0 Å². The van der Waals surface area contributed by atoms with Gasteiger partial charge in [0.25, 0.3) is 0 Å². The summed E-state index contributed by atoms with van der Waals surface area (Å²) in [4.78, 5) is 13.5. The van der Waals surface area contributed by atoms with Crippen LogP contribution in [0, 0.1) is 6.92 Å². The SMILES string of the molecule is Cc1csc(-c2nc(N)c(Br)c(C3CCCC3)n2)n1. The van der Waals surface area contributed by atoms with E-state index < -0.39 is 0 Å². The van der Waals surface area contributed by atoms with Crippen molar-refractivity contribution in [2.45, 2.75) is 38.5 Å². The average molecular weight is 339 g/mol. The number of nitrogen functional groups attached to an aromatic ring is 1. The summed E-state index contributed by atoms with van der Waals surface area (Å²) in [5.74, 6) is 1.67. The van der Waals surface area contributed by atoms with Gasteiger partial charge < -0.3 is 5.73 Å². The zero-order valence-electron chi connectivity index (χ0n) is 10.7. The summed E-state index contributed by atoms with van der Waals surface area (Å²) in [6.45, 7) is 1.97. The quantitative estimate of drug-likeness (QED) is 0.901. The van der Waals surface area contributed by atoms with Crippen molar-refractivity contribution in [3.63, 3.8) is 0 Å². The molecular weight excluding hydrogens is 324 g/mol. The minimum atomic E-state index is 0.500. The molecule has 0 aromatic carbocycles. The van der Waals surface area contributed by atoms with Crippen LogP contribution in [0.25, 0.3) is 10.8 Å². The van der Waals surface area contributed by atoms with Gasteiger partial charge in [-0.3, -0.25) is 0 Å². The lowest BCUT2D eigenvalue weighted by Crippen LogP contribution is -2.05. The molecule has 19 heavy (non-hydrogen) atoms. The van der Waals surface area contributed by atoms with Gasteiger partial charge in [-0.1, -0.05) is 12.8 Å². The third-order valence-corrected chi connectivity index (χ3v) is 5.22. The third kappa shape index (κ3) is 2.51. The van der Waals surface area contributed by atoms with E-state index in [2.05, 4.69) is 25.9 Å². The summed E-state index contributed by atoms with van der Waals surface area (Å²) in [6, 6.07) is 0. The highest BCUT2D eigenvalue weighted by Crippen LogP contribution is 2.39. The number of nitrogens with two attached hydrogens (primary N) is 1. The Morgan fingerprint density at radius 2 is 2.00 bits per heavy atom. The van der Waals surface area contributed by atoms with Gasteiger partial charge in [-0.15, -0.1) is 11.3 Å². The first-order valence-corrected chi connectivity index (χ1v) is 8.08. The van der Waals surface area contributed by atoms with Gasteiger partial charge in [0, 0.05) is 17.0 Å². The van der Waals surface area contributed by atoms with Crippen molar-refractivity contribution in [3.05, 3.63) is 21.2 Å². The second kappa shape index (κ2) is 5.17. The van der Waals surface area contributed by atoms with Gasteiger partial charge in [-0.05, 0) is 35.7 Å². The zero-order chi connectivity index (χ0) is 13.4.